The number of ether oxygens (including phenoxy) is 1. The minimum Gasteiger partial charge on any atom is -0.487 e. The molecule has 2 heterocycles. The van der Waals surface area contributed by atoms with E-state index in [1.807, 2.05) is 0 Å². The molecule has 0 unspecified atom stereocenters. The lowest BCUT2D eigenvalue weighted by Gasteiger charge is -2.18. The van der Waals surface area contributed by atoms with Crippen molar-refractivity contribution in [3.05, 3.63) is 41.5 Å². The van der Waals surface area contributed by atoms with Crippen LogP contribution in [0.25, 0.3) is 0 Å². The van der Waals surface area contributed by atoms with Gasteiger partial charge in [-0.25, -0.2) is 0 Å². The van der Waals surface area contributed by atoms with Crippen LogP contribution in [0.4, 0.5) is 0 Å². The largest absolute Gasteiger partial charge is 0.487 e. The van der Waals surface area contributed by atoms with Crippen molar-refractivity contribution in [3.8, 4) is 5.75 Å². The first-order valence-electron chi connectivity index (χ1n) is 6.90. The van der Waals surface area contributed by atoms with Crippen molar-refractivity contribution in [1.29, 1.82) is 0 Å². The minimum atomic E-state index is -0.0950. The number of aromatic nitrogens is 2. The van der Waals surface area contributed by atoms with Crippen LogP contribution in [-0.4, -0.2) is 22.3 Å². The Morgan fingerprint density at radius 1 is 1.35 bits per heavy atom. The summed E-state index contributed by atoms with van der Waals surface area (Å²) in [5, 5.41) is 6.98. The van der Waals surface area contributed by atoms with E-state index in [0.717, 1.165) is 31.7 Å². The van der Waals surface area contributed by atoms with Crippen LogP contribution < -0.4 is 10.1 Å². The van der Waals surface area contributed by atoms with Gasteiger partial charge in [0.2, 0.25) is 5.89 Å². The lowest BCUT2D eigenvalue weighted by molar-refractivity contribution is 0.137. The molecule has 1 aliphatic heterocycles. The van der Waals surface area contributed by atoms with Crippen molar-refractivity contribution < 1.29 is 9.26 Å². The van der Waals surface area contributed by atoms with Crippen molar-refractivity contribution in [2.75, 3.05) is 6.54 Å². The van der Waals surface area contributed by atoms with Gasteiger partial charge in [0, 0.05) is 31.5 Å². The van der Waals surface area contributed by atoms with Gasteiger partial charge in [-0.05, 0) is 19.4 Å². The first-order valence-corrected chi connectivity index (χ1v) is 6.90. The molecular weight excluding hydrogens is 254 g/mol. The summed E-state index contributed by atoms with van der Waals surface area (Å²) < 4.78 is 11.0. The number of hydrogen-bond acceptors (Lipinski definition) is 5. The molecule has 0 fully saturated rings. The van der Waals surface area contributed by atoms with Crippen LogP contribution in [0.5, 0.6) is 5.75 Å². The highest BCUT2D eigenvalue weighted by atomic mass is 16.5. The van der Waals surface area contributed by atoms with E-state index in [1.54, 1.807) is 0 Å². The molecular formula is C15H19N3O2. The highest BCUT2D eigenvalue weighted by molar-refractivity contribution is 5.45. The van der Waals surface area contributed by atoms with E-state index >= 15 is 0 Å². The molecule has 0 saturated carbocycles. The summed E-state index contributed by atoms with van der Waals surface area (Å²) in [7, 11) is 0. The molecule has 0 atom stereocenters. The van der Waals surface area contributed by atoms with Gasteiger partial charge in [-0.2, -0.15) is 4.98 Å². The SMILES string of the molecule is CC1(C)Cc2cccc(CNCCc3ncno3)c2O1. The number of benzene rings is 1. The van der Waals surface area contributed by atoms with E-state index in [0.29, 0.717) is 5.89 Å². The quantitative estimate of drug-likeness (QED) is 0.845. The second kappa shape index (κ2) is 5.25. The average Bonchev–Trinajstić information content (AvgIpc) is 3.00. The van der Waals surface area contributed by atoms with Gasteiger partial charge in [-0.3, -0.25) is 0 Å². The molecule has 1 aromatic heterocycles. The van der Waals surface area contributed by atoms with E-state index in [4.69, 9.17) is 9.26 Å². The second-order valence-corrected chi connectivity index (χ2v) is 5.71. The Balaban J connectivity index is 1.58. The maximum absolute atomic E-state index is 6.05. The lowest BCUT2D eigenvalue weighted by Crippen LogP contribution is -2.25. The number of nitrogens with zero attached hydrogens (tertiary/aromatic N) is 2. The molecule has 3 rings (SSSR count). The van der Waals surface area contributed by atoms with Crippen LogP contribution in [0.15, 0.2) is 29.0 Å². The van der Waals surface area contributed by atoms with Crippen LogP contribution in [-0.2, 0) is 19.4 Å². The van der Waals surface area contributed by atoms with E-state index in [-0.39, 0.29) is 5.60 Å². The molecule has 0 aliphatic carbocycles. The molecule has 0 radical (unpaired) electrons. The summed E-state index contributed by atoms with van der Waals surface area (Å²) in [6, 6.07) is 6.35. The monoisotopic (exact) mass is 273 g/mol. The van der Waals surface area contributed by atoms with E-state index in [1.165, 1.54) is 17.5 Å². The number of rotatable bonds is 5. The Morgan fingerprint density at radius 2 is 2.25 bits per heavy atom. The average molecular weight is 273 g/mol. The minimum absolute atomic E-state index is 0.0950. The maximum Gasteiger partial charge on any atom is 0.227 e. The zero-order chi connectivity index (χ0) is 14.0. The third-order valence-electron chi connectivity index (χ3n) is 3.41. The summed E-state index contributed by atoms with van der Waals surface area (Å²) in [4.78, 5) is 4.00. The molecule has 2 aromatic rings. The molecule has 5 heteroatoms. The van der Waals surface area contributed by atoms with Crippen LogP contribution >= 0.6 is 0 Å². The van der Waals surface area contributed by atoms with E-state index in [2.05, 4.69) is 47.5 Å². The predicted octanol–water partition coefficient (Wildman–Crippen LogP) is 2.12. The number of nitrogens with one attached hydrogen (secondary N) is 1. The van der Waals surface area contributed by atoms with Crippen LogP contribution in [0.3, 0.4) is 0 Å². The van der Waals surface area contributed by atoms with Crippen LogP contribution in [0, 0.1) is 0 Å². The van der Waals surface area contributed by atoms with E-state index < -0.39 is 0 Å². The molecule has 0 amide bonds. The Kier molecular flexibility index (Phi) is 3.44. The fraction of sp³-hybridized carbons (Fsp3) is 0.467. The highest BCUT2D eigenvalue weighted by Crippen LogP contribution is 2.37. The molecule has 1 aromatic carbocycles. The number of para-hydroxylation sites is 1. The molecule has 0 saturated heterocycles. The smallest absolute Gasteiger partial charge is 0.227 e. The van der Waals surface area contributed by atoms with Gasteiger partial charge in [-0.1, -0.05) is 23.4 Å². The Hall–Kier alpha value is -1.88. The van der Waals surface area contributed by atoms with Gasteiger partial charge in [-0.15, -0.1) is 0 Å². The normalized spacial score (nSPS) is 15.9. The van der Waals surface area contributed by atoms with Crippen LogP contribution in [0.2, 0.25) is 0 Å². The first-order chi connectivity index (χ1) is 9.64. The van der Waals surface area contributed by atoms with Gasteiger partial charge >= 0.3 is 0 Å². The van der Waals surface area contributed by atoms with E-state index in [9.17, 15) is 0 Å². The van der Waals surface area contributed by atoms with Gasteiger partial charge in [0.1, 0.15) is 11.4 Å². The molecule has 1 aliphatic rings. The second-order valence-electron chi connectivity index (χ2n) is 5.71. The molecule has 5 nitrogen and oxygen atoms in total. The maximum atomic E-state index is 6.05. The Labute approximate surface area is 118 Å². The third-order valence-corrected chi connectivity index (χ3v) is 3.41. The van der Waals surface area contributed by atoms with Crippen LogP contribution in [0.1, 0.15) is 30.9 Å². The van der Waals surface area contributed by atoms with Crippen molar-refractivity contribution in [2.45, 2.75) is 38.8 Å². The summed E-state index contributed by atoms with van der Waals surface area (Å²) in [5.74, 6) is 1.70. The topological polar surface area (TPSA) is 60.2 Å². The summed E-state index contributed by atoms with van der Waals surface area (Å²) >= 11 is 0. The van der Waals surface area contributed by atoms with Gasteiger partial charge in [0.25, 0.3) is 0 Å². The lowest BCUT2D eigenvalue weighted by atomic mass is 10.0. The van der Waals surface area contributed by atoms with Crippen molar-refractivity contribution in [2.24, 2.45) is 0 Å². The number of fused-ring (bicyclic) bond motifs is 1. The summed E-state index contributed by atoms with van der Waals surface area (Å²) in [5.41, 5.74) is 2.41. The zero-order valence-corrected chi connectivity index (χ0v) is 11.8. The van der Waals surface area contributed by atoms with Gasteiger partial charge in [0.05, 0.1) is 0 Å². The third kappa shape index (κ3) is 2.82. The molecule has 0 spiro atoms. The van der Waals surface area contributed by atoms with Gasteiger partial charge < -0.3 is 14.6 Å². The summed E-state index contributed by atoms with van der Waals surface area (Å²) in [6.07, 6.45) is 3.13. The number of hydrogen-bond donors (Lipinski definition) is 1. The molecule has 106 valence electrons. The molecule has 20 heavy (non-hydrogen) atoms. The fourth-order valence-corrected chi connectivity index (χ4v) is 2.54. The van der Waals surface area contributed by atoms with Gasteiger partial charge in [0.15, 0.2) is 6.33 Å². The standard InChI is InChI=1S/C15H19N3O2/c1-15(2)8-11-4-3-5-12(14(11)19-15)9-16-7-6-13-17-10-18-20-13/h3-5,10,16H,6-9H2,1-2H3. The van der Waals surface area contributed by atoms with Crippen molar-refractivity contribution in [1.82, 2.24) is 15.5 Å². The summed E-state index contributed by atoms with van der Waals surface area (Å²) in [6.45, 7) is 5.84. The Bertz CT molecular complexity index is 579. The molecule has 1 N–H and O–H groups in total. The van der Waals surface area contributed by atoms with Crippen molar-refractivity contribution >= 4 is 0 Å². The fourth-order valence-electron chi connectivity index (χ4n) is 2.54. The Morgan fingerprint density at radius 3 is 3.05 bits per heavy atom. The highest BCUT2D eigenvalue weighted by Gasteiger charge is 2.31. The zero-order valence-electron chi connectivity index (χ0n) is 11.8. The predicted molar refractivity (Wildman–Crippen MR) is 74.6 cm³/mol. The van der Waals surface area contributed by atoms with Crippen molar-refractivity contribution in [3.63, 3.8) is 0 Å². The first kappa shape index (κ1) is 13.1. The molecule has 0 bridgehead atoms.